The van der Waals surface area contributed by atoms with Gasteiger partial charge in [-0.1, -0.05) is 0 Å². The molecule has 2 atom stereocenters. The number of carboxylic acid groups (broad SMARTS) is 3. The molecule has 2 unspecified atom stereocenters. The number of carbonyl (C=O) groups is 3. The smallest absolute Gasteiger partial charge is 0.550 e. The van der Waals surface area contributed by atoms with Gasteiger partial charge in [-0.25, -0.2) is 0 Å². The standard InChI is InChI=1S/C6H8O8.3Na/c7-2(8)1-6(14,5(12)13)3(9)4(10)11;;;/h3,9,14H,1H2,(H,7,8)(H,10,11)(H,12,13);;;/q;3*+1/p-3. The third-order valence-corrected chi connectivity index (χ3v) is 1.44. The van der Waals surface area contributed by atoms with Crippen molar-refractivity contribution in [1.82, 2.24) is 0 Å². The van der Waals surface area contributed by atoms with Crippen molar-refractivity contribution in [2.45, 2.75) is 18.1 Å². The SMILES string of the molecule is O=C([O-])CC(O)(C(=O)[O-])C(O)C(=O)[O-].[Na+].[Na+].[Na+]. The summed E-state index contributed by atoms with van der Waals surface area (Å²) in [7, 11) is 0. The van der Waals surface area contributed by atoms with E-state index < -0.39 is 36.0 Å². The van der Waals surface area contributed by atoms with Crippen molar-refractivity contribution in [1.29, 1.82) is 0 Å². The second-order valence-electron chi connectivity index (χ2n) is 2.48. The summed E-state index contributed by atoms with van der Waals surface area (Å²) < 4.78 is 0. The second kappa shape index (κ2) is 11.2. The summed E-state index contributed by atoms with van der Waals surface area (Å²) in [5.41, 5.74) is -3.46. The number of aliphatic carboxylic acids is 3. The molecule has 0 amide bonds. The molecule has 0 aromatic carbocycles. The molecule has 2 N–H and O–H groups in total. The molecular formula is C6H5Na3O8. The Morgan fingerprint density at radius 2 is 1.41 bits per heavy atom. The van der Waals surface area contributed by atoms with Crippen LogP contribution in [-0.2, 0) is 14.4 Å². The maximum Gasteiger partial charge on any atom is 1.00 e. The van der Waals surface area contributed by atoms with Gasteiger partial charge in [-0.2, -0.15) is 0 Å². The third kappa shape index (κ3) is 8.17. The van der Waals surface area contributed by atoms with Gasteiger partial charge in [0.1, 0.15) is 11.7 Å². The second-order valence-corrected chi connectivity index (χ2v) is 2.48. The first-order valence-corrected chi connectivity index (χ1v) is 3.24. The summed E-state index contributed by atoms with van der Waals surface area (Å²) in [4.78, 5) is 30.2. The molecule has 0 heterocycles. The van der Waals surface area contributed by atoms with Crippen LogP contribution in [0.25, 0.3) is 0 Å². The molecular weight excluding hydrogens is 269 g/mol. The molecule has 17 heavy (non-hydrogen) atoms. The molecule has 0 aliphatic carbocycles. The zero-order valence-corrected chi connectivity index (χ0v) is 15.6. The molecule has 0 saturated heterocycles. The van der Waals surface area contributed by atoms with Crippen molar-refractivity contribution in [3.05, 3.63) is 0 Å². The predicted molar refractivity (Wildman–Crippen MR) is 30.6 cm³/mol. The Morgan fingerprint density at radius 3 is 1.59 bits per heavy atom. The summed E-state index contributed by atoms with van der Waals surface area (Å²) in [5.74, 6) is -6.84. The average molecular weight is 274 g/mol. The molecule has 0 bridgehead atoms. The largest absolute Gasteiger partial charge is 1.00 e. The summed E-state index contributed by atoms with van der Waals surface area (Å²) in [6.07, 6.45) is -4.53. The van der Waals surface area contributed by atoms with Crippen molar-refractivity contribution in [2.24, 2.45) is 0 Å². The number of carboxylic acids is 3. The van der Waals surface area contributed by atoms with Crippen molar-refractivity contribution in [3.63, 3.8) is 0 Å². The number of hydrogen-bond donors (Lipinski definition) is 2. The van der Waals surface area contributed by atoms with E-state index in [-0.39, 0.29) is 88.7 Å². The van der Waals surface area contributed by atoms with Crippen LogP contribution in [0.15, 0.2) is 0 Å². The van der Waals surface area contributed by atoms with Crippen LogP contribution in [0.4, 0.5) is 0 Å². The van der Waals surface area contributed by atoms with Gasteiger partial charge in [0, 0.05) is 12.4 Å². The van der Waals surface area contributed by atoms with Gasteiger partial charge < -0.3 is 39.9 Å². The Labute approximate surface area is 162 Å². The molecule has 80 valence electrons. The van der Waals surface area contributed by atoms with E-state index in [1.807, 2.05) is 0 Å². The first-order valence-electron chi connectivity index (χ1n) is 3.24. The zero-order valence-electron chi connectivity index (χ0n) is 9.63. The van der Waals surface area contributed by atoms with Gasteiger partial charge in [0.15, 0.2) is 0 Å². The molecule has 0 spiro atoms. The fourth-order valence-electron chi connectivity index (χ4n) is 0.695. The van der Waals surface area contributed by atoms with Crippen LogP contribution in [0, 0.1) is 0 Å². The number of aliphatic hydroxyl groups is 2. The molecule has 0 aliphatic rings. The monoisotopic (exact) mass is 274 g/mol. The van der Waals surface area contributed by atoms with E-state index in [4.69, 9.17) is 10.2 Å². The van der Waals surface area contributed by atoms with Crippen molar-refractivity contribution in [2.75, 3.05) is 0 Å². The summed E-state index contributed by atoms with van der Waals surface area (Å²) in [5, 5.41) is 47.8. The van der Waals surface area contributed by atoms with Gasteiger partial charge in [-0.05, 0) is 0 Å². The predicted octanol–water partition coefficient (Wildman–Crippen LogP) is -15.3. The topological polar surface area (TPSA) is 161 Å². The first-order chi connectivity index (χ1) is 6.21. The number of rotatable bonds is 5. The van der Waals surface area contributed by atoms with Crippen molar-refractivity contribution >= 4 is 17.9 Å². The summed E-state index contributed by atoms with van der Waals surface area (Å²) in [6.45, 7) is 0. The molecule has 0 aromatic rings. The van der Waals surface area contributed by atoms with E-state index in [1.54, 1.807) is 0 Å². The molecule has 0 aliphatic heterocycles. The third-order valence-electron chi connectivity index (χ3n) is 1.44. The van der Waals surface area contributed by atoms with Crippen LogP contribution in [0.2, 0.25) is 0 Å². The van der Waals surface area contributed by atoms with Crippen LogP contribution < -0.4 is 104 Å². The fraction of sp³-hybridized carbons (Fsp3) is 0.500. The van der Waals surface area contributed by atoms with E-state index in [1.165, 1.54) is 0 Å². The molecule has 11 heteroatoms. The van der Waals surface area contributed by atoms with Crippen LogP contribution in [0.1, 0.15) is 6.42 Å². The van der Waals surface area contributed by atoms with Gasteiger partial charge in [0.2, 0.25) is 0 Å². The number of carbonyl (C=O) groups excluding carboxylic acids is 3. The van der Waals surface area contributed by atoms with Gasteiger partial charge in [0.05, 0.1) is 11.9 Å². The molecule has 0 radical (unpaired) electrons. The van der Waals surface area contributed by atoms with Gasteiger partial charge in [0.25, 0.3) is 0 Å². The van der Waals surface area contributed by atoms with Crippen LogP contribution >= 0.6 is 0 Å². The fourth-order valence-corrected chi connectivity index (χ4v) is 0.695. The Hall–Kier alpha value is 1.33. The van der Waals surface area contributed by atoms with Crippen molar-refractivity contribution < 1.29 is 129 Å². The Kier molecular flexibility index (Phi) is 17.6. The Bertz CT molecular complexity index is 282. The van der Waals surface area contributed by atoms with Crippen molar-refractivity contribution in [3.8, 4) is 0 Å². The maximum atomic E-state index is 10.2. The Morgan fingerprint density at radius 1 is 1.06 bits per heavy atom. The van der Waals surface area contributed by atoms with Crippen LogP contribution in [-0.4, -0.2) is 39.8 Å². The average Bonchev–Trinajstić information content (AvgIpc) is 2.00. The van der Waals surface area contributed by atoms with Crippen LogP contribution in [0.3, 0.4) is 0 Å². The first kappa shape index (κ1) is 26.8. The number of hydrogen-bond acceptors (Lipinski definition) is 8. The molecule has 0 aromatic heterocycles. The van der Waals surface area contributed by atoms with Gasteiger partial charge >= 0.3 is 88.7 Å². The van der Waals surface area contributed by atoms with E-state index in [9.17, 15) is 29.7 Å². The minimum absolute atomic E-state index is 0. The quantitative estimate of drug-likeness (QED) is 0.467. The molecule has 8 nitrogen and oxygen atoms in total. The normalized spacial score (nSPS) is 13.8. The minimum Gasteiger partial charge on any atom is -0.550 e. The Balaban J connectivity index is -0.000000282. The zero-order chi connectivity index (χ0) is 11.5. The van der Waals surface area contributed by atoms with E-state index >= 15 is 0 Å². The molecule has 0 fully saturated rings. The summed E-state index contributed by atoms with van der Waals surface area (Å²) >= 11 is 0. The number of aliphatic hydroxyl groups excluding tert-OH is 1. The minimum atomic E-state index is -3.46. The summed E-state index contributed by atoms with van der Waals surface area (Å²) in [6, 6.07) is 0. The van der Waals surface area contributed by atoms with Gasteiger partial charge in [-0.3, -0.25) is 0 Å². The van der Waals surface area contributed by atoms with Gasteiger partial charge in [-0.15, -0.1) is 0 Å². The maximum absolute atomic E-state index is 10.2. The van der Waals surface area contributed by atoms with E-state index in [0.29, 0.717) is 0 Å². The van der Waals surface area contributed by atoms with E-state index in [2.05, 4.69) is 0 Å². The molecule has 0 saturated carbocycles. The van der Waals surface area contributed by atoms with E-state index in [0.717, 1.165) is 0 Å². The molecule has 0 rings (SSSR count). The van der Waals surface area contributed by atoms with Crippen LogP contribution in [0.5, 0.6) is 0 Å².